The van der Waals surface area contributed by atoms with Crippen LogP contribution in [0.5, 0.6) is 5.75 Å². The molecule has 2 N–H and O–H groups in total. The zero-order chi connectivity index (χ0) is 15.8. The van der Waals surface area contributed by atoms with E-state index >= 15 is 0 Å². The minimum Gasteiger partial charge on any atom is -0.490 e. The van der Waals surface area contributed by atoms with Gasteiger partial charge in [-0.2, -0.15) is 0 Å². The van der Waals surface area contributed by atoms with Crippen LogP contribution in [0.1, 0.15) is 23.2 Å². The molecular weight excluding hydrogens is 304 g/mol. The maximum atomic E-state index is 12.3. The maximum absolute atomic E-state index is 12.3. The lowest BCUT2D eigenvalue weighted by atomic mass is 10.1. The van der Waals surface area contributed by atoms with Gasteiger partial charge in [0.05, 0.1) is 12.2 Å². The number of carbonyl (C=O) groups is 1. The van der Waals surface area contributed by atoms with Crippen molar-refractivity contribution in [3.63, 3.8) is 0 Å². The Hall–Kier alpha value is -1.30. The number of carbonyl (C=O) groups excluding carboxylic acids is 1. The third-order valence-corrected chi connectivity index (χ3v) is 3.97. The van der Waals surface area contributed by atoms with E-state index in [4.69, 9.17) is 21.1 Å². The molecule has 1 aromatic carbocycles. The fraction of sp³-hybridized carbons (Fsp3) is 0.562. The number of amides is 1. The monoisotopic (exact) mass is 326 g/mol. The van der Waals surface area contributed by atoms with Crippen molar-refractivity contribution in [1.82, 2.24) is 10.6 Å². The van der Waals surface area contributed by atoms with Gasteiger partial charge in [0.25, 0.3) is 5.91 Å². The van der Waals surface area contributed by atoms with Crippen LogP contribution in [0.15, 0.2) is 18.2 Å². The standard InChI is InChI=1S/C16H23ClN2O3/c1-21-8-9-22-15-3-2-13(17)10-14(15)16(20)19-7-5-12-4-6-18-11-12/h2-3,10,12,18H,4-9,11H2,1H3,(H,19,20). The lowest BCUT2D eigenvalue weighted by Gasteiger charge is -2.13. The van der Waals surface area contributed by atoms with Gasteiger partial charge in [-0.1, -0.05) is 11.6 Å². The highest BCUT2D eigenvalue weighted by molar-refractivity contribution is 6.31. The Kier molecular flexibility index (Phi) is 6.96. The molecule has 0 saturated carbocycles. The summed E-state index contributed by atoms with van der Waals surface area (Å²) in [5, 5.41) is 6.79. The summed E-state index contributed by atoms with van der Waals surface area (Å²) in [6.07, 6.45) is 2.16. The molecule has 1 saturated heterocycles. The van der Waals surface area contributed by atoms with Gasteiger partial charge in [0.1, 0.15) is 12.4 Å². The summed E-state index contributed by atoms with van der Waals surface area (Å²) in [6.45, 7) is 3.64. The Morgan fingerprint density at radius 1 is 1.45 bits per heavy atom. The second kappa shape index (κ2) is 8.98. The average molecular weight is 327 g/mol. The zero-order valence-electron chi connectivity index (χ0n) is 12.9. The second-order valence-corrected chi connectivity index (χ2v) is 5.82. The molecule has 1 heterocycles. The van der Waals surface area contributed by atoms with Gasteiger partial charge in [-0.05, 0) is 50.0 Å². The molecule has 6 heteroatoms. The van der Waals surface area contributed by atoms with Gasteiger partial charge < -0.3 is 20.1 Å². The quantitative estimate of drug-likeness (QED) is 0.718. The molecule has 0 aliphatic carbocycles. The minimum absolute atomic E-state index is 0.152. The predicted molar refractivity (Wildman–Crippen MR) is 86.7 cm³/mol. The van der Waals surface area contributed by atoms with E-state index in [1.54, 1.807) is 25.3 Å². The maximum Gasteiger partial charge on any atom is 0.255 e. The first kappa shape index (κ1) is 17.1. The number of halogens is 1. The molecule has 1 aliphatic heterocycles. The van der Waals surface area contributed by atoms with Crippen LogP contribution in [0.3, 0.4) is 0 Å². The summed E-state index contributed by atoms with van der Waals surface area (Å²) in [4.78, 5) is 12.3. The van der Waals surface area contributed by atoms with Gasteiger partial charge in [0, 0.05) is 18.7 Å². The smallest absolute Gasteiger partial charge is 0.255 e. The van der Waals surface area contributed by atoms with Crippen LogP contribution in [0.4, 0.5) is 0 Å². The summed E-state index contributed by atoms with van der Waals surface area (Å²) in [7, 11) is 1.61. The molecule has 22 heavy (non-hydrogen) atoms. The van der Waals surface area contributed by atoms with Crippen LogP contribution < -0.4 is 15.4 Å². The molecule has 0 bridgehead atoms. The average Bonchev–Trinajstić information content (AvgIpc) is 3.02. The van der Waals surface area contributed by atoms with Gasteiger partial charge in [-0.15, -0.1) is 0 Å². The van der Waals surface area contributed by atoms with E-state index in [-0.39, 0.29) is 5.91 Å². The highest BCUT2D eigenvalue weighted by atomic mass is 35.5. The molecule has 0 radical (unpaired) electrons. The fourth-order valence-electron chi connectivity index (χ4n) is 2.49. The van der Waals surface area contributed by atoms with Gasteiger partial charge in [-0.25, -0.2) is 0 Å². The Labute approximate surface area is 136 Å². The van der Waals surface area contributed by atoms with Crippen molar-refractivity contribution in [3.05, 3.63) is 28.8 Å². The molecule has 1 unspecified atom stereocenters. The van der Waals surface area contributed by atoms with Crippen LogP contribution in [0.25, 0.3) is 0 Å². The van der Waals surface area contributed by atoms with E-state index in [0.29, 0.717) is 42.0 Å². The topological polar surface area (TPSA) is 59.6 Å². The molecule has 122 valence electrons. The van der Waals surface area contributed by atoms with Crippen molar-refractivity contribution in [2.45, 2.75) is 12.8 Å². The summed E-state index contributed by atoms with van der Waals surface area (Å²) >= 11 is 5.99. The molecule has 0 aromatic heterocycles. The minimum atomic E-state index is -0.152. The highest BCUT2D eigenvalue weighted by Crippen LogP contribution is 2.23. The first-order valence-corrected chi connectivity index (χ1v) is 7.98. The van der Waals surface area contributed by atoms with Crippen LogP contribution in [0, 0.1) is 5.92 Å². The fourth-order valence-corrected chi connectivity index (χ4v) is 2.66. The van der Waals surface area contributed by atoms with Gasteiger partial charge in [0.2, 0.25) is 0 Å². The van der Waals surface area contributed by atoms with Crippen molar-refractivity contribution >= 4 is 17.5 Å². The Bertz CT molecular complexity index is 490. The SMILES string of the molecule is COCCOc1ccc(Cl)cc1C(=O)NCCC1CCNC1. The molecular formula is C16H23ClN2O3. The van der Waals surface area contributed by atoms with E-state index in [1.165, 1.54) is 6.42 Å². The zero-order valence-corrected chi connectivity index (χ0v) is 13.6. The lowest BCUT2D eigenvalue weighted by Crippen LogP contribution is -2.27. The van der Waals surface area contributed by atoms with Crippen molar-refractivity contribution in [2.75, 3.05) is 40.0 Å². The Balaban J connectivity index is 1.90. The molecule has 5 nitrogen and oxygen atoms in total. The van der Waals surface area contributed by atoms with Crippen molar-refractivity contribution in [1.29, 1.82) is 0 Å². The summed E-state index contributed by atoms with van der Waals surface area (Å²) in [5.41, 5.74) is 0.466. The normalized spacial score (nSPS) is 17.5. The van der Waals surface area contributed by atoms with E-state index in [2.05, 4.69) is 10.6 Å². The third kappa shape index (κ3) is 5.16. The lowest BCUT2D eigenvalue weighted by molar-refractivity contribution is 0.0944. The number of methoxy groups -OCH3 is 1. The van der Waals surface area contributed by atoms with Gasteiger partial charge in [-0.3, -0.25) is 4.79 Å². The number of nitrogens with one attached hydrogen (secondary N) is 2. The van der Waals surface area contributed by atoms with E-state index < -0.39 is 0 Å². The third-order valence-electron chi connectivity index (χ3n) is 3.73. The number of rotatable bonds is 8. The number of benzene rings is 1. The number of hydrogen-bond acceptors (Lipinski definition) is 4. The molecule has 0 spiro atoms. The summed E-state index contributed by atoms with van der Waals surface area (Å²) < 4.78 is 10.5. The first-order valence-electron chi connectivity index (χ1n) is 7.61. The van der Waals surface area contributed by atoms with Crippen LogP contribution in [-0.4, -0.2) is 45.9 Å². The Morgan fingerprint density at radius 3 is 3.05 bits per heavy atom. The van der Waals surface area contributed by atoms with Gasteiger partial charge in [0.15, 0.2) is 0 Å². The molecule has 1 amide bonds. The van der Waals surface area contributed by atoms with E-state index in [9.17, 15) is 4.79 Å². The van der Waals surface area contributed by atoms with Gasteiger partial charge >= 0.3 is 0 Å². The number of ether oxygens (including phenoxy) is 2. The highest BCUT2D eigenvalue weighted by Gasteiger charge is 2.16. The molecule has 1 atom stereocenters. The van der Waals surface area contributed by atoms with E-state index in [0.717, 1.165) is 19.5 Å². The predicted octanol–water partition coefficient (Wildman–Crippen LogP) is 2.09. The van der Waals surface area contributed by atoms with Crippen molar-refractivity contribution < 1.29 is 14.3 Å². The first-order chi connectivity index (χ1) is 10.7. The van der Waals surface area contributed by atoms with Crippen LogP contribution in [0.2, 0.25) is 5.02 Å². The molecule has 1 aliphatic rings. The largest absolute Gasteiger partial charge is 0.490 e. The summed E-state index contributed by atoms with van der Waals surface area (Å²) in [5.74, 6) is 1.03. The Morgan fingerprint density at radius 2 is 2.32 bits per heavy atom. The van der Waals surface area contributed by atoms with E-state index in [1.807, 2.05) is 0 Å². The van der Waals surface area contributed by atoms with Crippen LogP contribution >= 0.6 is 11.6 Å². The van der Waals surface area contributed by atoms with Crippen molar-refractivity contribution in [3.8, 4) is 5.75 Å². The number of hydrogen-bond donors (Lipinski definition) is 2. The second-order valence-electron chi connectivity index (χ2n) is 5.39. The van der Waals surface area contributed by atoms with Crippen molar-refractivity contribution in [2.24, 2.45) is 5.92 Å². The summed E-state index contributed by atoms with van der Waals surface area (Å²) in [6, 6.07) is 5.06. The van der Waals surface area contributed by atoms with Crippen LogP contribution in [-0.2, 0) is 4.74 Å². The molecule has 1 aromatic rings. The molecule has 1 fully saturated rings. The molecule has 2 rings (SSSR count).